The Morgan fingerprint density at radius 3 is 2.27 bits per heavy atom. The molecule has 0 aliphatic heterocycles. The van der Waals surface area contributed by atoms with Crippen LogP contribution < -0.4 is 11.6 Å². The van der Waals surface area contributed by atoms with Crippen molar-refractivity contribution in [2.75, 3.05) is 0 Å². The zero-order chi connectivity index (χ0) is 10.6. The molecule has 0 saturated carbocycles. The maximum Gasteiger partial charge on any atom is 0.320 e. The molecule has 1 rings (SSSR count). The van der Waals surface area contributed by atoms with Crippen molar-refractivity contribution in [2.24, 2.45) is 0 Å². The molecule has 0 heterocycles. The van der Waals surface area contributed by atoms with Crippen molar-refractivity contribution in [3.05, 3.63) is 29.8 Å². The number of rotatable bonds is 4. The summed E-state index contributed by atoms with van der Waals surface area (Å²) in [6.07, 6.45) is 0.684. The monoisotopic (exact) mass is 209 g/mol. The third kappa shape index (κ3) is 4.62. The Kier molecular flexibility index (Phi) is 5.66. The van der Waals surface area contributed by atoms with Gasteiger partial charge in [-0.1, -0.05) is 31.1 Å². The predicted molar refractivity (Wildman–Crippen MR) is 60.9 cm³/mol. The van der Waals surface area contributed by atoms with Gasteiger partial charge in [0.15, 0.2) is 0 Å². The average molecular weight is 209 g/mol. The lowest BCUT2D eigenvalue weighted by Gasteiger charge is -2.02. The number of hydrogen-bond acceptors (Lipinski definition) is 3. The Bertz CT molecular complexity index is 311. The number of carboxylic acids is 1. The molecule has 0 atom stereocenters. The quantitative estimate of drug-likeness (QED) is 0.636. The molecular formula is C10H16BNO3. The van der Waals surface area contributed by atoms with Crippen LogP contribution in [0.5, 0.6) is 0 Å². The number of carbonyl (C=O) groups is 1. The Labute approximate surface area is 89.6 Å². The number of carboxylic acid groups (broad SMARTS) is 1. The van der Waals surface area contributed by atoms with Gasteiger partial charge in [-0.3, -0.25) is 4.79 Å². The second-order valence-corrected chi connectivity index (χ2v) is 3.31. The maximum atomic E-state index is 10.3. The molecule has 0 aliphatic rings. The molecule has 0 bridgehead atoms. The highest BCUT2D eigenvalue weighted by Gasteiger charge is 2.05. The second kappa shape index (κ2) is 6.21. The molecule has 5 N–H and O–H groups in total. The van der Waals surface area contributed by atoms with Crippen molar-refractivity contribution < 1.29 is 14.9 Å². The van der Waals surface area contributed by atoms with Crippen molar-refractivity contribution in [1.82, 2.24) is 6.15 Å². The zero-order valence-corrected chi connectivity index (χ0v) is 8.81. The van der Waals surface area contributed by atoms with Gasteiger partial charge in [-0.15, -0.1) is 0 Å². The standard InChI is InChI=1S/C10H13BO3.H3N/c1-11(14)9-5-2-8(3-6-9)4-7-10(12)13;/h2-3,5-6,14H,4,7H2,1H3,(H,12,13);1H3. The van der Waals surface area contributed by atoms with E-state index in [-0.39, 0.29) is 12.6 Å². The summed E-state index contributed by atoms with van der Waals surface area (Å²) in [5.74, 6) is -0.787. The van der Waals surface area contributed by atoms with Crippen LogP contribution in [0.4, 0.5) is 0 Å². The van der Waals surface area contributed by atoms with Crippen molar-refractivity contribution in [3.63, 3.8) is 0 Å². The normalized spacial score (nSPS) is 9.20. The minimum atomic E-state index is -0.787. The van der Waals surface area contributed by atoms with Gasteiger partial charge in [-0.05, 0) is 17.4 Å². The van der Waals surface area contributed by atoms with E-state index in [1.165, 1.54) is 0 Å². The lowest BCUT2D eigenvalue weighted by Crippen LogP contribution is -2.25. The fourth-order valence-electron chi connectivity index (χ4n) is 1.21. The third-order valence-electron chi connectivity index (χ3n) is 2.09. The summed E-state index contributed by atoms with van der Waals surface area (Å²) >= 11 is 0. The molecule has 0 fully saturated rings. The molecular weight excluding hydrogens is 193 g/mol. The molecule has 0 aliphatic carbocycles. The van der Waals surface area contributed by atoms with Crippen molar-refractivity contribution in [1.29, 1.82) is 0 Å². The summed E-state index contributed by atoms with van der Waals surface area (Å²) in [6.45, 7) is 1.23. The Morgan fingerprint density at radius 1 is 1.33 bits per heavy atom. The molecule has 0 amide bonds. The lowest BCUT2D eigenvalue weighted by molar-refractivity contribution is -0.136. The molecule has 5 heteroatoms. The minimum absolute atomic E-state index is 0. The summed E-state index contributed by atoms with van der Waals surface area (Å²) in [6, 6.07) is 7.35. The summed E-state index contributed by atoms with van der Waals surface area (Å²) in [7, 11) is 0. The van der Waals surface area contributed by atoms with E-state index in [2.05, 4.69) is 0 Å². The lowest BCUT2D eigenvalue weighted by atomic mass is 9.64. The van der Waals surface area contributed by atoms with E-state index in [0.29, 0.717) is 6.42 Å². The van der Waals surface area contributed by atoms with Crippen LogP contribution in [0.15, 0.2) is 24.3 Å². The highest BCUT2D eigenvalue weighted by Crippen LogP contribution is 2.01. The van der Waals surface area contributed by atoms with Gasteiger partial charge in [0.05, 0.1) is 0 Å². The predicted octanol–water partition coefficient (Wildman–Crippen LogP) is 0.686. The van der Waals surface area contributed by atoms with Crippen LogP contribution in [0, 0.1) is 0 Å². The molecule has 0 radical (unpaired) electrons. The van der Waals surface area contributed by atoms with E-state index in [4.69, 9.17) is 5.11 Å². The van der Waals surface area contributed by atoms with Gasteiger partial charge >= 0.3 is 12.9 Å². The van der Waals surface area contributed by atoms with Gasteiger partial charge in [0.2, 0.25) is 0 Å². The number of aliphatic carboxylic acids is 1. The van der Waals surface area contributed by atoms with Crippen LogP contribution in [-0.2, 0) is 11.2 Å². The van der Waals surface area contributed by atoms with E-state index >= 15 is 0 Å². The molecule has 15 heavy (non-hydrogen) atoms. The minimum Gasteiger partial charge on any atom is -0.481 e. The van der Waals surface area contributed by atoms with Crippen LogP contribution in [0.2, 0.25) is 6.82 Å². The van der Waals surface area contributed by atoms with E-state index < -0.39 is 12.9 Å². The van der Waals surface area contributed by atoms with Crippen LogP contribution in [0.25, 0.3) is 0 Å². The fraction of sp³-hybridized carbons (Fsp3) is 0.300. The van der Waals surface area contributed by atoms with Gasteiger partial charge in [-0.25, -0.2) is 0 Å². The zero-order valence-electron chi connectivity index (χ0n) is 8.81. The smallest absolute Gasteiger partial charge is 0.320 e. The second-order valence-electron chi connectivity index (χ2n) is 3.31. The van der Waals surface area contributed by atoms with E-state index in [9.17, 15) is 9.82 Å². The largest absolute Gasteiger partial charge is 0.481 e. The molecule has 0 spiro atoms. The maximum absolute atomic E-state index is 10.3. The van der Waals surface area contributed by atoms with Gasteiger partial charge in [0, 0.05) is 6.42 Å². The van der Waals surface area contributed by atoms with E-state index in [1.807, 2.05) is 24.3 Å². The molecule has 82 valence electrons. The van der Waals surface area contributed by atoms with Gasteiger partial charge in [0.1, 0.15) is 0 Å². The van der Waals surface area contributed by atoms with Crippen LogP contribution >= 0.6 is 0 Å². The highest BCUT2D eigenvalue weighted by molar-refractivity contribution is 6.64. The first kappa shape index (κ1) is 13.7. The molecule has 4 nitrogen and oxygen atoms in total. The van der Waals surface area contributed by atoms with Gasteiger partial charge in [-0.2, -0.15) is 0 Å². The Balaban J connectivity index is 0.00000196. The van der Waals surface area contributed by atoms with Crippen LogP contribution in [0.1, 0.15) is 12.0 Å². The SMILES string of the molecule is CB(O)c1ccc(CCC(=O)O)cc1.N. The van der Waals surface area contributed by atoms with Gasteiger partial charge in [0.25, 0.3) is 0 Å². The summed E-state index contributed by atoms with van der Waals surface area (Å²) in [5, 5.41) is 17.7. The third-order valence-corrected chi connectivity index (χ3v) is 2.09. The Morgan fingerprint density at radius 2 is 1.87 bits per heavy atom. The molecule has 1 aromatic rings. The van der Waals surface area contributed by atoms with E-state index in [1.54, 1.807) is 6.82 Å². The molecule has 0 unspecified atom stereocenters. The first-order valence-corrected chi connectivity index (χ1v) is 4.58. The topological polar surface area (TPSA) is 92.5 Å². The summed E-state index contributed by atoms with van der Waals surface area (Å²) < 4.78 is 0. The molecule has 0 saturated heterocycles. The molecule has 1 aromatic carbocycles. The first-order valence-electron chi connectivity index (χ1n) is 4.58. The highest BCUT2D eigenvalue weighted by atomic mass is 16.4. The van der Waals surface area contributed by atoms with Crippen molar-refractivity contribution in [3.8, 4) is 0 Å². The van der Waals surface area contributed by atoms with Crippen LogP contribution in [-0.4, -0.2) is 23.0 Å². The van der Waals surface area contributed by atoms with Crippen molar-refractivity contribution >= 4 is 18.3 Å². The van der Waals surface area contributed by atoms with Crippen LogP contribution in [0.3, 0.4) is 0 Å². The fourth-order valence-corrected chi connectivity index (χ4v) is 1.21. The van der Waals surface area contributed by atoms with Crippen molar-refractivity contribution in [2.45, 2.75) is 19.7 Å². The van der Waals surface area contributed by atoms with E-state index in [0.717, 1.165) is 11.0 Å². The Hall–Kier alpha value is -1.33. The summed E-state index contributed by atoms with van der Waals surface area (Å²) in [5.41, 5.74) is 1.83. The van der Waals surface area contributed by atoms with Gasteiger partial charge < -0.3 is 16.3 Å². The number of hydrogen-bond donors (Lipinski definition) is 3. The number of aryl methyl sites for hydroxylation is 1. The molecule has 0 aromatic heterocycles. The number of benzene rings is 1. The first-order chi connectivity index (χ1) is 6.59. The average Bonchev–Trinajstić information content (AvgIpc) is 2.15. The summed E-state index contributed by atoms with van der Waals surface area (Å²) in [4.78, 5) is 10.3.